The summed E-state index contributed by atoms with van der Waals surface area (Å²) >= 11 is 0. The average molecular weight is 391 g/mol. The fourth-order valence-corrected chi connectivity index (χ4v) is 4.04. The summed E-state index contributed by atoms with van der Waals surface area (Å²) in [6, 6.07) is 6.94. The number of carbonyl (C=O) groups excluding carboxylic acids is 1. The summed E-state index contributed by atoms with van der Waals surface area (Å²) in [6.45, 7) is 3.79. The molecule has 1 aliphatic rings. The summed E-state index contributed by atoms with van der Waals surface area (Å²) in [4.78, 5) is 26.0. The number of H-pyrrole nitrogens is 1. The molecule has 0 radical (unpaired) electrons. The Balaban J connectivity index is 1.55. The number of benzene rings is 1. The molecule has 0 aliphatic carbocycles. The van der Waals surface area contributed by atoms with Gasteiger partial charge in [-0.05, 0) is 38.0 Å². The third kappa shape index (κ3) is 2.88. The number of fused-ring (bicyclic) bond motifs is 1. The molecule has 29 heavy (non-hydrogen) atoms. The van der Waals surface area contributed by atoms with E-state index in [1.54, 1.807) is 4.90 Å². The molecule has 5 rings (SSSR count). The van der Waals surface area contributed by atoms with Crippen molar-refractivity contribution in [3.8, 4) is 11.1 Å². The number of nitrogens with one attached hydrogen (secondary N) is 1. The summed E-state index contributed by atoms with van der Waals surface area (Å²) in [7, 11) is 0. The van der Waals surface area contributed by atoms with Crippen molar-refractivity contribution in [2.75, 3.05) is 4.90 Å². The molecule has 1 atom stereocenters. The van der Waals surface area contributed by atoms with Crippen LogP contribution in [0.1, 0.15) is 36.2 Å². The second-order valence-corrected chi connectivity index (χ2v) is 7.23. The molecule has 146 valence electrons. The molecular formula is C21H18FN5O2. The number of hydrogen-bond donors (Lipinski definition) is 1. The minimum atomic E-state index is -0.477. The lowest BCUT2D eigenvalue weighted by Gasteiger charge is -2.22. The van der Waals surface area contributed by atoms with Gasteiger partial charge in [-0.25, -0.2) is 9.37 Å². The van der Waals surface area contributed by atoms with Crippen LogP contribution in [0.4, 0.5) is 10.1 Å². The lowest BCUT2D eigenvalue weighted by molar-refractivity contribution is -0.117. The first kappa shape index (κ1) is 17.5. The largest absolute Gasteiger partial charge is 0.361 e. The molecule has 1 saturated heterocycles. The Morgan fingerprint density at radius 1 is 1.24 bits per heavy atom. The Hall–Kier alpha value is -3.55. The van der Waals surface area contributed by atoms with E-state index in [1.165, 1.54) is 12.3 Å². The van der Waals surface area contributed by atoms with Crippen LogP contribution in [0.3, 0.4) is 0 Å². The number of aryl methyl sites for hydroxylation is 2. The van der Waals surface area contributed by atoms with Crippen LogP contribution in [-0.4, -0.2) is 26.0 Å². The molecule has 3 aromatic heterocycles. The van der Waals surface area contributed by atoms with Crippen LogP contribution in [0.25, 0.3) is 22.2 Å². The highest BCUT2D eigenvalue weighted by molar-refractivity contribution is 5.96. The standard InChI is InChI=1S/C21H18FN5O2/c1-11-20(12(2)29-26-11)13-3-4-16-17(7-13)25-21(24-16)18-5-6-19(28)27(18)15-8-14(22)9-23-10-15/h3-4,7-10,18H,5-6H2,1-2H3,(H,24,25)/t18-/m0/s1. The van der Waals surface area contributed by atoms with Crippen molar-refractivity contribution in [3.63, 3.8) is 0 Å². The van der Waals surface area contributed by atoms with Gasteiger partial charge in [-0.1, -0.05) is 11.2 Å². The third-order valence-electron chi connectivity index (χ3n) is 5.32. The number of amides is 1. The number of carbonyl (C=O) groups is 1. The van der Waals surface area contributed by atoms with Crippen molar-refractivity contribution < 1.29 is 13.7 Å². The molecule has 0 bridgehead atoms. The Morgan fingerprint density at radius 3 is 2.86 bits per heavy atom. The van der Waals surface area contributed by atoms with Gasteiger partial charge in [0.2, 0.25) is 5.91 Å². The predicted octanol–water partition coefficient (Wildman–Crippen LogP) is 4.24. The van der Waals surface area contributed by atoms with Crippen molar-refractivity contribution in [3.05, 3.63) is 59.8 Å². The second kappa shape index (κ2) is 6.51. The van der Waals surface area contributed by atoms with Crippen molar-refractivity contribution in [2.45, 2.75) is 32.7 Å². The van der Waals surface area contributed by atoms with Gasteiger partial charge in [0.1, 0.15) is 17.4 Å². The smallest absolute Gasteiger partial charge is 0.227 e. The minimum absolute atomic E-state index is 0.0701. The number of nitrogens with zero attached hydrogens (tertiary/aromatic N) is 4. The zero-order chi connectivity index (χ0) is 20.1. The lowest BCUT2D eigenvalue weighted by atomic mass is 10.0. The van der Waals surface area contributed by atoms with Gasteiger partial charge in [0, 0.05) is 18.1 Å². The monoisotopic (exact) mass is 391 g/mol. The summed E-state index contributed by atoms with van der Waals surface area (Å²) < 4.78 is 18.9. The number of halogens is 1. The Labute approximate surface area is 165 Å². The highest BCUT2D eigenvalue weighted by Crippen LogP contribution is 2.37. The molecular weight excluding hydrogens is 373 g/mol. The number of hydrogen-bond acceptors (Lipinski definition) is 5. The van der Waals surface area contributed by atoms with Crippen LogP contribution in [-0.2, 0) is 4.79 Å². The maximum Gasteiger partial charge on any atom is 0.227 e. The number of imidazole rings is 1. The van der Waals surface area contributed by atoms with E-state index in [1.807, 2.05) is 32.0 Å². The molecule has 7 nitrogen and oxygen atoms in total. The second-order valence-electron chi connectivity index (χ2n) is 7.23. The Kier molecular flexibility index (Phi) is 3.94. The van der Waals surface area contributed by atoms with Gasteiger partial charge in [0.05, 0.1) is 40.9 Å². The van der Waals surface area contributed by atoms with Crippen LogP contribution in [0.5, 0.6) is 0 Å². The van der Waals surface area contributed by atoms with Crippen LogP contribution < -0.4 is 4.90 Å². The molecule has 4 aromatic rings. The van der Waals surface area contributed by atoms with Crippen LogP contribution in [0.2, 0.25) is 0 Å². The van der Waals surface area contributed by atoms with Gasteiger partial charge in [0.25, 0.3) is 0 Å². The van der Waals surface area contributed by atoms with E-state index < -0.39 is 5.82 Å². The third-order valence-corrected chi connectivity index (χ3v) is 5.32. The fourth-order valence-electron chi connectivity index (χ4n) is 4.04. The highest BCUT2D eigenvalue weighted by Gasteiger charge is 2.35. The topological polar surface area (TPSA) is 87.9 Å². The number of pyridine rings is 1. The van der Waals surface area contributed by atoms with Gasteiger partial charge >= 0.3 is 0 Å². The predicted molar refractivity (Wildman–Crippen MR) is 105 cm³/mol. The SMILES string of the molecule is Cc1noc(C)c1-c1ccc2nc([C@@H]3CCC(=O)N3c3cncc(F)c3)[nH]c2c1. The average Bonchev–Trinajstić information content (AvgIpc) is 3.37. The maximum absolute atomic E-state index is 13.7. The minimum Gasteiger partial charge on any atom is -0.361 e. The van der Waals surface area contributed by atoms with Crippen LogP contribution in [0.15, 0.2) is 41.2 Å². The number of rotatable bonds is 3. The summed E-state index contributed by atoms with van der Waals surface area (Å²) in [6.07, 6.45) is 3.60. The molecule has 1 aromatic carbocycles. The first-order chi connectivity index (χ1) is 14.0. The fraction of sp³-hybridized carbons (Fsp3) is 0.238. The molecule has 1 N–H and O–H groups in total. The molecule has 4 heterocycles. The van der Waals surface area contributed by atoms with Gasteiger partial charge in [-0.3, -0.25) is 9.78 Å². The van der Waals surface area contributed by atoms with E-state index in [0.717, 1.165) is 39.8 Å². The lowest BCUT2D eigenvalue weighted by Crippen LogP contribution is -2.28. The van der Waals surface area contributed by atoms with Gasteiger partial charge in [-0.2, -0.15) is 0 Å². The molecule has 0 unspecified atom stereocenters. The number of anilines is 1. The Bertz CT molecular complexity index is 1230. The van der Waals surface area contributed by atoms with Crippen LogP contribution >= 0.6 is 0 Å². The van der Waals surface area contributed by atoms with E-state index in [4.69, 9.17) is 9.51 Å². The summed E-state index contributed by atoms with van der Waals surface area (Å²) in [5.74, 6) is 0.882. The summed E-state index contributed by atoms with van der Waals surface area (Å²) in [5.41, 5.74) is 4.87. The van der Waals surface area contributed by atoms with Crippen molar-refractivity contribution in [1.29, 1.82) is 0 Å². The molecule has 0 saturated carbocycles. The van der Waals surface area contributed by atoms with Crippen molar-refractivity contribution in [1.82, 2.24) is 20.1 Å². The van der Waals surface area contributed by atoms with Crippen LogP contribution in [0, 0.1) is 19.7 Å². The van der Waals surface area contributed by atoms with Gasteiger partial charge < -0.3 is 14.4 Å². The first-order valence-electron chi connectivity index (χ1n) is 9.37. The Morgan fingerprint density at radius 2 is 2.10 bits per heavy atom. The zero-order valence-electron chi connectivity index (χ0n) is 15.9. The van der Waals surface area contributed by atoms with Gasteiger partial charge in [-0.15, -0.1) is 0 Å². The normalized spacial score (nSPS) is 16.9. The first-order valence-corrected chi connectivity index (χ1v) is 9.37. The van der Waals surface area contributed by atoms with E-state index >= 15 is 0 Å². The number of aromatic amines is 1. The molecule has 1 fully saturated rings. The number of aromatic nitrogens is 4. The maximum atomic E-state index is 13.7. The zero-order valence-corrected chi connectivity index (χ0v) is 15.9. The van der Waals surface area contributed by atoms with Gasteiger partial charge in [0.15, 0.2) is 0 Å². The van der Waals surface area contributed by atoms with E-state index in [0.29, 0.717) is 24.4 Å². The molecule has 1 aliphatic heterocycles. The van der Waals surface area contributed by atoms with Crippen molar-refractivity contribution in [2.24, 2.45) is 0 Å². The molecule has 1 amide bonds. The van der Waals surface area contributed by atoms with E-state index in [9.17, 15) is 9.18 Å². The van der Waals surface area contributed by atoms with E-state index in [-0.39, 0.29) is 11.9 Å². The highest BCUT2D eigenvalue weighted by atomic mass is 19.1. The van der Waals surface area contributed by atoms with Crippen molar-refractivity contribution >= 4 is 22.6 Å². The van der Waals surface area contributed by atoms with E-state index in [2.05, 4.69) is 15.1 Å². The quantitative estimate of drug-likeness (QED) is 0.564. The summed E-state index contributed by atoms with van der Waals surface area (Å²) in [5, 5.41) is 4.02. The molecule has 8 heteroatoms. The molecule has 0 spiro atoms.